The SMILES string of the molecule is Cc1ccc(S(=O)(=O)N=S(=O)(c2ccccc2)[C@H]2O[C@@H]2C2C=CCCC2)cc1. The number of aryl methyl sites for hydroxylation is 1. The lowest BCUT2D eigenvalue weighted by Gasteiger charge is -2.14. The van der Waals surface area contributed by atoms with Crippen molar-refractivity contribution in [1.82, 2.24) is 0 Å². The van der Waals surface area contributed by atoms with Crippen LogP contribution in [0.25, 0.3) is 0 Å². The minimum atomic E-state index is -4.09. The fourth-order valence-electron chi connectivity index (χ4n) is 3.52. The lowest BCUT2D eigenvalue weighted by molar-refractivity contribution is 0.338. The molecule has 1 heterocycles. The van der Waals surface area contributed by atoms with Crippen molar-refractivity contribution in [1.29, 1.82) is 0 Å². The van der Waals surface area contributed by atoms with E-state index < -0.39 is 25.2 Å². The number of ether oxygens (including phenoxy) is 1. The lowest BCUT2D eigenvalue weighted by Crippen LogP contribution is -2.18. The molecule has 1 fully saturated rings. The van der Waals surface area contributed by atoms with Crippen molar-refractivity contribution in [3.05, 3.63) is 72.3 Å². The zero-order valence-electron chi connectivity index (χ0n) is 15.6. The Hall–Kier alpha value is -1.96. The summed E-state index contributed by atoms with van der Waals surface area (Å²) in [7, 11) is -7.40. The molecule has 0 aromatic heterocycles. The minimum absolute atomic E-state index is 0.0384. The summed E-state index contributed by atoms with van der Waals surface area (Å²) in [4.78, 5) is 0.425. The van der Waals surface area contributed by atoms with Crippen LogP contribution in [0.15, 0.2) is 80.3 Å². The summed E-state index contributed by atoms with van der Waals surface area (Å²) in [6.07, 6.45) is 6.98. The molecule has 2 aromatic carbocycles. The highest BCUT2D eigenvalue weighted by atomic mass is 32.3. The molecule has 4 rings (SSSR count). The van der Waals surface area contributed by atoms with Gasteiger partial charge in [0.25, 0.3) is 10.0 Å². The molecular weight excluding hydrogens is 394 g/mol. The second-order valence-electron chi connectivity index (χ2n) is 7.24. The number of nitrogens with zero attached hydrogens (tertiary/aromatic N) is 1. The maximum Gasteiger partial charge on any atom is 0.290 e. The Morgan fingerprint density at radius 1 is 0.964 bits per heavy atom. The van der Waals surface area contributed by atoms with E-state index in [0.717, 1.165) is 24.8 Å². The van der Waals surface area contributed by atoms with Crippen LogP contribution in [-0.4, -0.2) is 24.2 Å². The van der Waals surface area contributed by atoms with Crippen molar-refractivity contribution in [3.63, 3.8) is 0 Å². The van der Waals surface area contributed by atoms with Crippen molar-refractivity contribution >= 4 is 19.8 Å². The first-order valence-corrected chi connectivity index (χ1v) is 12.4. The number of sulfonamides is 1. The standard InChI is InChI=1S/C21H23NO4S2/c1-16-12-14-19(15-13-16)28(24,25)22-27(23,18-10-6-3-7-11-18)21-20(26-21)17-8-4-2-5-9-17/h3-4,6-8,10-15,17,20-21H,2,5,9H2,1H3/t17?,20-,21-,27?/m1/s1. The number of epoxide rings is 1. The maximum absolute atomic E-state index is 14.0. The van der Waals surface area contributed by atoms with Gasteiger partial charge >= 0.3 is 0 Å². The molecule has 0 radical (unpaired) electrons. The highest BCUT2D eigenvalue weighted by Crippen LogP contribution is 2.42. The van der Waals surface area contributed by atoms with Crippen molar-refractivity contribution in [2.45, 2.75) is 47.5 Å². The van der Waals surface area contributed by atoms with E-state index in [2.05, 4.69) is 15.9 Å². The van der Waals surface area contributed by atoms with Crippen LogP contribution in [0.1, 0.15) is 24.8 Å². The van der Waals surface area contributed by atoms with E-state index in [0.29, 0.717) is 4.90 Å². The van der Waals surface area contributed by atoms with Gasteiger partial charge in [-0.2, -0.15) is 8.42 Å². The van der Waals surface area contributed by atoms with Crippen LogP contribution in [0.2, 0.25) is 0 Å². The van der Waals surface area contributed by atoms with Gasteiger partial charge < -0.3 is 4.74 Å². The summed E-state index contributed by atoms with van der Waals surface area (Å²) in [5.41, 5.74) is 0.222. The third kappa shape index (κ3) is 3.79. The van der Waals surface area contributed by atoms with Crippen LogP contribution in [-0.2, 0) is 24.5 Å². The lowest BCUT2D eigenvalue weighted by atomic mass is 9.93. The number of rotatable bonds is 5. The fourth-order valence-corrected chi connectivity index (χ4v) is 7.85. The van der Waals surface area contributed by atoms with Gasteiger partial charge in [-0.25, -0.2) is 4.21 Å². The van der Waals surface area contributed by atoms with Gasteiger partial charge in [0, 0.05) is 5.92 Å². The average Bonchev–Trinajstić information content (AvgIpc) is 3.51. The molecule has 0 amide bonds. The zero-order chi connectivity index (χ0) is 19.8. The Labute approximate surface area is 166 Å². The molecule has 0 spiro atoms. The third-order valence-corrected chi connectivity index (χ3v) is 9.62. The second-order valence-corrected chi connectivity index (χ2v) is 11.3. The smallest absolute Gasteiger partial charge is 0.290 e. The van der Waals surface area contributed by atoms with E-state index in [4.69, 9.17) is 4.74 Å². The largest absolute Gasteiger partial charge is 0.353 e. The number of hydrogen-bond acceptors (Lipinski definition) is 4. The molecule has 0 saturated carbocycles. The number of hydrogen-bond donors (Lipinski definition) is 0. The van der Waals surface area contributed by atoms with Gasteiger partial charge in [-0.05, 0) is 50.5 Å². The molecule has 148 valence electrons. The fraction of sp³-hybridized carbons (Fsp3) is 0.333. The van der Waals surface area contributed by atoms with Crippen LogP contribution in [0.5, 0.6) is 0 Å². The topological polar surface area (TPSA) is 76.1 Å². The molecule has 2 aliphatic rings. The van der Waals surface area contributed by atoms with Gasteiger partial charge in [-0.1, -0.05) is 51.8 Å². The third-order valence-electron chi connectivity index (χ3n) is 5.12. The van der Waals surface area contributed by atoms with E-state index in [1.807, 2.05) is 6.92 Å². The van der Waals surface area contributed by atoms with E-state index in [1.54, 1.807) is 42.5 Å². The van der Waals surface area contributed by atoms with Crippen LogP contribution >= 0.6 is 0 Å². The molecule has 0 N–H and O–H groups in total. The first-order chi connectivity index (χ1) is 13.4. The van der Waals surface area contributed by atoms with Gasteiger partial charge in [-0.15, -0.1) is 0 Å². The van der Waals surface area contributed by atoms with Crippen LogP contribution in [0.4, 0.5) is 0 Å². The molecule has 1 saturated heterocycles. The van der Waals surface area contributed by atoms with Crippen molar-refractivity contribution in [2.24, 2.45) is 9.69 Å². The van der Waals surface area contributed by atoms with Crippen molar-refractivity contribution in [2.75, 3.05) is 0 Å². The molecule has 4 atom stereocenters. The molecular formula is C21H23NO4S2. The molecule has 5 nitrogen and oxygen atoms in total. The first kappa shape index (κ1) is 19.4. The maximum atomic E-state index is 14.0. The molecule has 28 heavy (non-hydrogen) atoms. The Bertz CT molecular complexity index is 1100. The summed E-state index contributed by atoms with van der Waals surface area (Å²) in [5.74, 6) is 0.153. The quantitative estimate of drug-likeness (QED) is 0.537. The van der Waals surface area contributed by atoms with Gasteiger partial charge in [0.2, 0.25) is 0 Å². The molecule has 7 heteroatoms. The van der Waals surface area contributed by atoms with Gasteiger partial charge in [0.15, 0.2) is 5.44 Å². The monoisotopic (exact) mass is 417 g/mol. The molecule has 1 aliphatic carbocycles. The van der Waals surface area contributed by atoms with Crippen LogP contribution < -0.4 is 0 Å². The van der Waals surface area contributed by atoms with E-state index >= 15 is 0 Å². The average molecular weight is 418 g/mol. The Kier molecular flexibility index (Phi) is 5.16. The Balaban J connectivity index is 1.77. The predicted molar refractivity (Wildman–Crippen MR) is 109 cm³/mol. The predicted octanol–water partition coefficient (Wildman–Crippen LogP) is 4.29. The van der Waals surface area contributed by atoms with Crippen molar-refractivity contribution < 1.29 is 17.4 Å². The van der Waals surface area contributed by atoms with Crippen molar-refractivity contribution in [3.8, 4) is 0 Å². The Morgan fingerprint density at radius 2 is 1.68 bits per heavy atom. The number of allylic oxidation sites excluding steroid dienone is 1. The highest BCUT2D eigenvalue weighted by Gasteiger charge is 2.52. The van der Waals surface area contributed by atoms with E-state index in [-0.39, 0.29) is 16.9 Å². The molecule has 0 bridgehead atoms. The van der Waals surface area contributed by atoms with E-state index in [9.17, 15) is 12.6 Å². The second kappa shape index (κ2) is 7.46. The normalized spacial score (nSPS) is 26.4. The minimum Gasteiger partial charge on any atom is -0.353 e. The number of benzene rings is 2. The summed E-state index contributed by atoms with van der Waals surface area (Å²) >= 11 is 0. The summed E-state index contributed by atoms with van der Waals surface area (Å²) < 4.78 is 49.6. The summed E-state index contributed by atoms with van der Waals surface area (Å²) in [5, 5.41) is 0. The first-order valence-electron chi connectivity index (χ1n) is 9.36. The van der Waals surface area contributed by atoms with Crippen LogP contribution in [0.3, 0.4) is 0 Å². The molecule has 2 aromatic rings. The molecule has 2 unspecified atom stereocenters. The summed E-state index contributed by atoms with van der Waals surface area (Å²) in [6, 6.07) is 15.0. The highest BCUT2D eigenvalue weighted by molar-refractivity contribution is 8.03. The van der Waals surface area contributed by atoms with Crippen LogP contribution in [0, 0.1) is 12.8 Å². The van der Waals surface area contributed by atoms with E-state index in [1.165, 1.54) is 12.1 Å². The van der Waals surface area contributed by atoms with Gasteiger partial charge in [-0.3, -0.25) is 0 Å². The summed E-state index contributed by atoms with van der Waals surface area (Å²) in [6.45, 7) is 1.88. The zero-order valence-corrected chi connectivity index (χ0v) is 17.2. The molecule has 1 aliphatic heterocycles. The Morgan fingerprint density at radius 3 is 2.32 bits per heavy atom. The van der Waals surface area contributed by atoms with Gasteiger partial charge in [0.05, 0.1) is 9.79 Å². The van der Waals surface area contributed by atoms with Gasteiger partial charge in [0.1, 0.15) is 15.8 Å².